The van der Waals surface area contributed by atoms with Crippen molar-refractivity contribution in [2.24, 2.45) is 5.16 Å². The number of thiazole rings is 1. The van der Waals surface area contributed by atoms with Crippen LogP contribution in [0, 0.1) is 5.82 Å². The van der Waals surface area contributed by atoms with Crippen LogP contribution in [0.2, 0.25) is 0 Å². The van der Waals surface area contributed by atoms with Crippen LogP contribution in [-0.2, 0) is 14.4 Å². The number of halogens is 1. The Hall–Kier alpha value is -2.47. The van der Waals surface area contributed by atoms with Crippen molar-refractivity contribution < 1.29 is 58.6 Å². The molecule has 1 aromatic carbocycles. The van der Waals surface area contributed by atoms with Gasteiger partial charge in [0, 0.05) is 33.0 Å². The fourth-order valence-electron chi connectivity index (χ4n) is 3.94. The summed E-state index contributed by atoms with van der Waals surface area (Å²) in [7, 11) is 0. The molecule has 5 rings (SSSR count). The average Bonchev–Trinajstić information content (AvgIpc) is 3.31. The third-order valence-electron chi connectivity index (χ3n) is 5.66. The van der Waals surface area contributed by atoms with Crippen LogP contribution in [0.25, 0.3) is 10.1 Å². The number of anilines is 1. The zero-order valence-electron chi connectivity index (χ0n) is 19.9. The fourth-order valence-corrected chi connectivity index (χ4v) is 8.22. The van der Waals surface area contributed by atoms with E-state index in [0.29, 0.717) is 19.9 Å². The van der Waals surface area contributed by atoms with Crippen molar-refractivity contribution in [1.29, 1.82) is 0 Å². The van der Waals surface area contributed by atoms with Gasteiger partial charge in [-0.3, -0.25) is 19.3 Å². The number of β-lactam (4-membered cyclic amide) rings is 1. The van der Waals surface area contributed by atoms with Crippen molar-refractivity contribution in [3.8, 4) is 0 Å². The van der Waals surface area contributed by atoms with Crippen LogP contribution < -0.4 is 51.1 Å². The van der Waals surface area contributed by atoms with E-state index < -0.39 is 40.7 Å². The van der Waals surface area contributed by atoms with Gasteiger partial charge in [-0.05, 0) is 23.8 Å². The monoisotopic (exact) mass is 615 g/mol. The summed E-state index contributed by atoms with van der Waals surface area (Å²) < 4.78 is 14.7. The smallest absolute Gasteiger partial charge is 0.543 e. The SMILES string of the molecule is Nc1nc(/C(=N/O)C(=O)N[C@@H]2C(=O)N3C(C(=O)[O-])=C(CSc4cc(=O)c5ccc(F)cc5s4)CS[C@@H]23)cs1.[Na+]. The molecule has 1 fully saturated rings. The number of hydrogen-bond acceptors (Lipinski definition) is 13. The van der Waals surface area contributed by atoms with Gasteiger partial charge in [-0.25, -0.2) is 9.37 Å². The van der Waals surface area contributed by atoms with Crippen molar-refractivity contribution in [3.63, 3.8) is 0 Å². The Balaban J connectivity index is 0.00000353. The van der Waals surface area contributed by atoms with Gasteiger partial charge in [0.15, 0.2) is 16.3 Å². The van der Waals surface area contributed by atoms with Crippen molar-refractivity contribution in [2.45, 2.75) is 15.6 Å². The van der Waals surface area contributed by atoms with Crippen LogP contribution in [0.15, 0.2) is 55.1 Å². The number of rotatable bonds is 7. The van der Waals surface area contributed by atoms with E-state index in [9.17, 15) is 33.9 Å². The molecule has 0 aliphatic carbocycles. The number of oxime groups is 1. The second-order valence-corrected chi connectivity index (χ2v) is 12.3. The molecule has 0 spiro atoms. The minimum Gasteiger partial charge on any atom is -0.543 e. The molecule has 2 aliphatic heterocycles. The van der Waals surface area contributed by atoms with Gasteiger partial charge in [0.2, 0.25) is 0 Å². The predicted molar refractivity (Wildman–Crippen MR) is 141 cm³/mol. The summed E-state index contributed by atoms with van der Waals surface area (Å²) in [5.41, 5.74) is 4.98. The fraction of sp³-hybridized carbons (Fsp3) is 0.182. The van der Waals surface area contributed by atoms with Gasteiger partial charge in [0.25, 0.3) is 11.8 Å². The van der Waals surface area contributed by atoms with E-state index in [1.54, 1.807) is 0 Å². The first kappa shape index (κ1) is 29.5. The second-order valence-electron chi connectivity index (χ2n) is 7.98. The average molecular weight is 616 g/mol. The van der Waals surface area contributed by atoms with E-state index in [1.807, 2.05) is 0 Å². The molecule has 17 heteroatoms. The van der Waals surface area contributed by atoms with E-state index in [-0.39, 0.29) is 63.0 Å². The van der Waals surface area contributed by atoms with Crippen molar-refractivity contribution >= 4 is 84.9 Å². The first-order valence-corrected chi connectivity index (χ1v) is 14.4. The number of benzene rings is 1. The van der Waals surface area contributed by atoms with Crippen LogP contribution in [0.5, 0.6) is 0 Å². The third-order valence-corrected chi connectivity index (χ3v) is 10.1. The molecule has 0 unspecified atom stereocenters. The van der Waals surface area contributed by atoms with Crippen molar-refractivity contribution in [2.75, 3.05) is 17.2 Å². The summed E-state index contributed by atoms with van der Waals surface area (Å²) >= 11 is 4.67. The summed E-state index contributed by atoms with van der Waals surface area (Å²) in [5.74, 6) is -3.20. The number of fused-ring (bicyclic) bond motifs is 2. The van der Waals surface area contributed by atoms with Crippen LogP contribution >= 0.6 is 46.2 Å². The summed E-state index contributed by atoms with van der Waals surface area (Å²) in [6, 6.07) is 4.23. The topological polar surface area (TPSA) is 178 Å². The number of aliphatic carboxylic acids is 1. The molecule has 0 saturated carbocycles. The number of nitrogens with two attached hydrogens (primary N) is 1. The Kier molecular flexibility index (Phi) is 9.05. The zero-order chi connectivity index (χ0) is 27.1. The maximum Gasteiger partial charge on any atom is 1.00 e. The number of nitrogens with one attached hydrogen (secondary N) is 1. The maximum atomic E-state index is 13.6. The van der Waals surface area contributed by atoms with E-state index in [4.69, 9.17) is 5.73 Å². The minimum atomic E-state index is -1.55. The predicted octanol–water partition coefficient (Wildman–Crippen LogP) is -2.18. The Morgan fingerprint density at radius 1 is 1.33 bits per heavy atom. The first-order chi connectivity index (χ1) is 18.2. The summed E-state index contributed by atoms with van der Waals surface area (Å²) in [6.45, 7) is 0. The normalized spacial score (nSPS) is 18.8. The van der Waals surface area contributed by atoms with Gasteiger partial charge >= 0.3 is 29.6 Å². The maximum absolute atomic E-state index is 13.6. The molecule has 1 saturated heterocycles. The molecule has 0 bridgehead atoms. The van der Waals surface area contributed by atoms with E-state index in [1.165, 1.54) is 64.5 Å². The number of hydrogen-bond donors (Lipinski definition) is 3. The summed E-state index contributed by atoms with van der Waals surface area (Å²) in [5, 5.41) is 27.9. The molecule has 4 N–H and O–H groups in total. The molecular formula is C22H15FN5NaO6S4. The number of carboxylic acids is 1. The minimum absolute atomic E-state index is 0. The number of carboxylic acid groups (broad SMARTS) is 1. The van der Waals surface area contributed by atoms with Crippen molar-refractivity contribution in [3.05, 3.63) is 62.7 Å². The Morgan fingerprint density at radius 3 is 2.77 bits per heavy atom. The van der Waals surface area contributed by atoms with E-state index in [2.05, 4.69) is 15.5 Å². The number of amides is 2. The van der Waals surface area contributed by atoms with Gasteiger partial charge < -0.3 is 26.2 Å². The number of carbonyl (C=O) groups excluding carboxylic acids is 3. The van der Waals surface area contributed by atoms with Gasteiger partial charge in [-0.1, -0.05) is 5.16 Å². The van der Waals surface area contributed by atoms with Crippen LogP contribution in [0.1, 0.15) is 5.69 Å². The molecule has 196 valence electrons. The second kappa shape index (κ2) is 12.0. The number of thioether (sulfide) groups is 2. The molecule has 2 amide bonds. The Bertz CT molecular complexity index is 1630. The summed E-state index contributed by atoms with van der Waals surface area (Å²) in [4.78, 5) is 54.9. The van der Waals surface area contributed by atoms with Crippen LogP contribution in [0.3, 0.4) is 0 Å². The Morgan fingerprint density at radius 2 is 2.10 bits per heavy atom. The quantitative estimate of drug-likeness (QED) is 0.0661. The van der Waals surface area contributed by atoms with Crippen molar-refractivity contribution in [1.82, 2.24) is 15.2 Å². The van der Waals surface area contributed by atoms with Gasteiger partial charge in [-0.2, -0.15) is 0 Å². The molecule has 3 aromatic rings. The van der Waals surface area contributed by atoms with Crippen LogP contribution in [-0.4, -0.2) is 61.5 Å². The molecule has 2 aliphatic rings. The molecule has 39 heavy (non-hydrogen) atoms. The molecular weight excluding hydrogens is 601 g/mol. The standard InChI is InChI=1S/C22H16FN5O6S4.Na/c23-9-1-2-10-12(29)4-14(38-13(10)3-9)35-5-8-6-36-20-16(19(31)28(20)17(8)21(32)33)26-18(30)15(27-34)11-7-37-22(24)25-11;/h1-4,7,16,20,34H,5-6H2,(H2,24,25)(H,26,30)(H,32,33);/q;+1/p-1/b27-15-;/t16-,20+;/m1./s1. The number of carbonyl (C=O) groups is 3. The zero-order valence-corrected chi connectivity index (χ0v) is 25.1. The molecule has 0 radical (unpaired) electrons. The van der Waals surface area contributed by atoms with E-state index >= 15 is 0 Å². The third kappa shape index (κ3) is 5.73. The first-order valence-electron chi connectivity index (χ1n) is 10.7. The largest absolute Gasteiger partial charge is 1.00 e. The number of nitrogen functional groups attached to an aromatic ring is 1. The van der Waals surface area contributed by atoms with Gasteiger partial charge in [0.05, 0.1) is 15.9 Å². The molecule has 2 atom stereocenters. The van der Waals surface area contributed by atoms with E-state index in [0.717, 1.165) is 16.2 Å². The van der Waals surface area contributed by atoms with Crippen LogP contribution in [0.4, 0.5) is 9.52 Å². The molecule has 11 nitrogen and oxygen atoms in total. The summed E-state index contributed by atoms with van der Waals surface area (Å²) in [6.07, 6.45) is 0. The number of aromatic nitrogens is 1. The number of nitrogens with zero attached hydrogens (tertiary/aromatic N) is 3. The molecule has 4 heterocycles. The Labute approximate surface area is 257 Å². The molecule has 2 aromatic heterocycles. The van der Waals surface area contributed by atoms with Gasteiger partial charge in [0.1, 0.15) is 22.9 Å². The van der Waals surface area contributed by atoms with Gasteiger partial charge in [-0.15, -0.1) is 46.2 Å².